The van der Waals surface area contributed by atoms with Crippen LogP contribution in [0.25, 0.3) is 0 Å². The quantitative estimate of drug-likeness (QED) is 0.357. The molecule has 1 aromatic rings. The number of pyridine rings is 1. The van der Waals surface area contributed by atoms with Crippen LogP contribution in [0.4, 0.5) is 5.69 Å². The number of hydrogen-bond donors (Lipinski definition) is 0. The van der Waals surface area contributed by atoms with Crippen LogP contribution in [0.15, 0.2) is 12.1 Å². The summed E-state index contributed by atoms with van der Waals surface area (Å²) in [6.07, 6.45) is 0. The summed E-state index contributed by atoms with van der Waals surface area (Å²) < 4.78 is 5.12. The molecule has 0 aliphatic heterocycles. The molecule has 0 aliphatic rings. The number of nitro groups is 1. The van der Waals surface area contributed by atoms with E-state index in [1.165, 1.54) is 19.2 Å². The summed E-state index contributed by atoms with van der Waals surface area (Å²) in [5.41, 5.74) is -0.00333. The minimum Gasteiger partial charge on any atom is -0.481 e. The Hall–Kier alpha value is -0.920. The summed E-state index contributed by atoms with van der Waals surface area (Å²) in [5, 5.41) is 10.3. The van der Waals surface area contributed by atoms with E-state index in [-0.39, 0.29) is 5.69 Å². The third-order valence-electron chi connectivity index (χ3n) is 1.21. The molecule has 0 saturated carbocycles. The molecule has 0 amide bonds. The topological polar surface area (TPSA) is 65.3 Å². The highest BCUT2D eigenvalue weighted by Gasteiger charge is 2.12. The Morgan fingerprint density at radius 1 is 1.67 bits per heavy atom. The zero-order valence-electron chi connectivity index (χ0n) is 6.15. The van der Waals surface area contributed by atoms with Crippen LogP contribution in [0.5, 0.6) is 5.88 Å². The fourth-order valence-corrected chi connectivity index (χ4v) is 1.27. The molecule has 0 fully saturated rings. The maximum Gasteiger partial charge on any atom is 0.301 e. The Morgan fingerprint density at radius 3 is 2.75 bits per heavy atom. The van der Waals surface area contributed by atoms with E-state index in [2.05, 4.69) is 4.98 Å². The molecule has 0 saturated heterocycles. The van der Waals surface area contributed by atoms with E-state index in [0.717, 1.165) is 0 Å². The summed E-state index contributed by atoms with van der Waals surface area (Å²) >= 11 is 1.79. The molecule has 6 heteroatoms. The van der Waals surface area contributed by atoms with Crippen molar-refractivity contribution in [2.24, 2.45) is 0 Å². The highest BCUT2D eigenvalue weighted by atomic mass is 127. The van der Waals surface area contributed by atoms with Crippen LogP contribution in [-0.2, 0) is 0 Å². The van der Waals surface area contributed by atoms with Crippen molar-refractivity contribution >= 4 is 28.3 Å². The molecular formula is C6H5IN2O3. The second-order valence-electron chi connectivity index (χ2n) is 1.92. The first-order chi connectivity index (χ1) is 5.65. The van der Waals surface area contributed by atoms with Crippen LogP contribution in [-0.4, -0.2) is 17.0 Å². The molecule has 1 heterocycles. The lowest BCUT2D eigenvalue weighted by atomic mass is 10.4. The lowest BCUT2D eigenvalue weighted by Gasteiger charge is -1.98. The normalized spacial score (nSPS) is 9.50. The van der Waals surface area contributed by atoms with Crippen molar-refractivity contribution in [1.29, 1.82) is 0 Å². The first-order valence-corrected chi connectivity index (χ1v) is 4.08. The summed E-state index contributed by atoms with van der Waals surface area (Å²) in [5.74, 6) is 0.380. The largest absolute Gasteiger partial charge is 0.481 e. The molecule has 64 valence electrons. The van der Waals surface area contributed by atoms with Gasteiger partial charge in [0.05, 0.1) is 12.0 Å². The molecule has 0 spiro atoms. The summed E-state index contributed by atoms with van der Waals surface area (Å²) in [7, 11) is 1.46. The van der Waals surface area contributed by atoms with Gasteiger partial charge in [-0.25, -0.2) is 4.98 Å². The van der Waals surface area contributed by atoms with Gasteiger partial charge in [0.2, 0.25) is 5.88 Å². The minimum absolute atomic E-state index is 0.00333. The van der Waals surface area contributed by atoms with Crippen molar-refractivity contribution in [1.82, 2.24) is 4.98 Å². The number of ether oxygens (including phenoxy) is 1. The minimum atomic E-state index is -0.478. The van der Waals surface area contributed by atoms with E-state index in [1.54, 1.807) is 22.6 Å². The molecule has 0 aromatic carbocycles. The van der Waals surface area contributed by atoms with Crippen molar-refractivity contribution in [3.8, 4) is 5.88 Å². The lowest BCUT2D eigenvalue weighted by molar-refractivity contribution is -0.386. The monoisotopic (exact) mass is 280 g/mol. The van der Waals surface area contributed by atoms with E-state index in [0.29, 0.717) is 9.58 Å². The first-order valence-electron chi connectivity index (χ1n) is 3.00. The van der Waals surface area contributed by atoms with Gasteiger partial charge in [0, 0.05) is 12.1 Å². The Labute approximate surface area is 82.0 Å². The van der Waals surface area contributed by atoms with E-state index >= 15 is 0 Å². The Balaban J connectivity index is 3.12. The Bertz CT molecular complexity index is 316. The van der Waals surface area contributed by atoms with Crippen LogP contribution >= 0.6 is 22.6 Å². The Kier molecular flexibility index (Phi) is 2.79. The van der Waals surface area contributed by atoms with Crippen molar-refractivity contribution < 1.29 is 9.66 Å². The predicted molar refractivity (Wildman–Crippen MR) is 50.2 cm³/mol. The van der Waals surface area contributed by atoms with Gasteiger partial charge >= 0.3 is 5.69 Å². The molecule has 0 unspecified atom stereocenters. The number of methoxy groups -OCH3 is 1. The van der Waals surface area contributed by atoms with E-state index in [1.807, 2.05) is 0 Å². The number of rotatable bonds is 2. The van der Waals surface area contributed by atoms with Crippen molar-refractivity contribution in [2.45, 2.75) is 0 Å². The zero-order chi connectivity index (χ0) is 9.14. The molecule has 1 rings (SSSR count). The van der Waals surface area contributed by atoms with Crippen LogP contribution in [0.2, 0.25) is 0 Å². The zero-order valence-corrected chi connectivity index (χ0v) is 8.31. The van der Waals surface area contributed by atoms with Gasteiger partial charge < -0.3 is 4.74 Å². The third kappa shape index (κ3) is 1.81. The summed E-state index contributed by atoms with van der Waals surface area (Å²) in [4.78, 5) is 13.7. The standard InChI is InChI=1S/C6H5IN2O3/c1-12-5-3-2-4(9(10)11)6(7)8-5/h2-3H,1H3. The first kappa shape index (κ1) is 9.17. The molecule has 0 radical (unpaired) electrons. The predicted octanol–water partition coefficient (Wildman–Crippen LogP) is 1.60. The second kappa shape index (κ2) is 3.65. The molecule has 0 bridgehead atoms. The number of halogens is 1. The molecule has 1 aromatic heterocycles. The smallest absolute Gasteiger partial charge is 0.301 e. The highest BCUT2D eigenvalue weighted by molar-refractivity contribution is 14.1. The van der Waals surface area contributed by atoms with E-state index in [4.69, 9.17) is 4.74 Å². The summed E-state index contributed by atoms with van der Waals surface area (Å²) in [6.45, 7) is 0. The van der Waals surface area contributed by atoms with Gasteiger partial charge in [-0.15, -0.1) is 0 Å². The highest BCUT2D eigenvalue weighted by Crippen LogP contribution is 2.20. The van der Waals surface area contributed by atoms with Gasteiger partial charge in [-0.3, -0.25) is 10.1 Å². The number of nitrogens with zero attached hydrogens (tertiary/aromatic N) is 2. The average Bonchev–Trinajstić information content (AvgIpc) is 2.03. The second-order valence-corrected chi connectivity index (χ2v) is 2.94. The lowest BCUT2D eigenvalue weighted by Crippen LogP contribution is -1.95. The van der Waals surface area contributed by atoms with Gasteiger partial charge in [-0.1, -0.05) is 0 Å². The number of aromatic nitrogens is 1. The van der Waals surface area contributed by atoms with Crippen LogP contribution in [0.1, 0.15) is 0 Å². The fourth-order valence-electron chi connectivity index (χ4n) is 0.660. The molecule has 5 nitrogen and oxygen atoms in total. The molecule has 0 N–H and O–H groups in total. The molecule has 0 atom stereocenters. The van der Waals surface area contributed by atoms with E-state index < -0.39 is 4.92 Å². The van der Waals surface area contributed by atoms with Gasteiger partial charge in [-0.05, 0) is 22.6 Å². The SMILES string of the molecule is COc1ccc([N+](=O)[O-])c(I)n1. The van der Waals surface area contributed by atoms with Crippen LogP contribution < -0.4 is 4.74 Å². The van der Waals surface area contributed by atoms with E-state index in [9.17, 15) is 10.1 Å². The maximum absolute atomic E-state index is 10.3. The van der Waals surface area contributed by atoms with Crippen molar-refractivity contribution in [2.75, 3.05) is 7.11 Å². The van der Waals surface area contributed by atoms with Crippen LogP contribution in [0, 0.1) is 13.8 Å². The van der Waals surface area contributed by atoms with Crippen molar-refractivity contribution in [3.63, 3.8) is 0 Å². The average molecular weight is 280 g/mol. The summed E-state index contributed by atoms with van der Waals surface area (Å²) in [6, 6.07) is 2.83. The van der Waals surface area contributed by atoms with Gasteiger partial charge in [-0.2, -0.15) is 0 Å². The Morgan fingerprint density at radius 2 is 2.33 bits per heavy atom. The van der Waals surface area contributed by atoms with Gasteiger partial charge in [0.15, 0.2) is 3.70 Å². The van der Waals surface area contributed by atoms with Crippen LogP contribution in [0.3, 0.4) is 0 Å². The molecule has 0 aliphatic carbocycles. The molecule has 12 heavy (non-hydrogen) atoms. The molecular weight excluding hydrogens is 275 g/mol. The number of hydrogen-bond acceptors (Lipinski definition) is 4. The fraction of sp³-hybridized carbons (Fsp3) is 0.167. The van der Waals surface area contributed by atoms with Crippen molar-refractivity contribution in [3.05, 3.63) is 25.9 Å². The maximum atomic E-state index is 10.3. The third-order valence-corrected chi connectivity index (χ3v) is 2.00. The van der Waals surface area contributed by atoms with Gasteiger partial charge in [0.25, 0.3) is 0 Å². The van der Waals surface area contributed by atoms with Gasteiger partial charge in [0.1, 0.15) is 0 Å².